The summed E-state index contributed by atoms with van der Waals surface area (Å²) in [6.07, 6.45) is 8.95. The summed E-state index contributed by atoms with van der Waals surface area (Å²) in [5.74, 6) is -2.84. The van der Waals surface area contributed by atoms with Gasteiger partial charge in [-0.1, -0.05) is 24.3 Å². The van der Waals surface area contributed by atoms with Crippen molar-refractivity contribution >= 4 is 17.8 Å². The molecule has 0 bridgehead atoms. The van der Waals surface area contributed by atoms with Crippen LogP contribution in [0.5, 0.6) is 0 Å². The lowest BCUT2D eigenvalue weighted by Gasteiger charge is -2.37. The normalized spacial score (nSPS) is 38.7. The molecule has 2 amide bonds. The average molecular weight is 490 g/mol. The third kappa shape index (κ3) is 4.10. The minimum absolute atomic E-state index is 0.00366. The maximum Gasteiger partial charge on any atom is 0.313 e. The van der Waals surface area contributed by atoms with Crippen molar-refractivity contribution in [2.24, 2.45) is 11.8 Å². The van der Waals surface area contributed by atoms with E-state index in [0.29, 0.717) is 39.3 Å². The van der Waals surface area contributed by atoms with Crippen molar-refractivity contribution in [3.05, 3.63) is 24.3 Å². The van der Waals surface area contributed by atoms with Crippen molar-refractivity contribution in [2.45, 2.75) is 37.0 Å². The molecule has 35 heavy (non-hydrogen) atoms. The first-order valence-electron chi connectivity index (χ1n) is 12.6. The number of allylic oxidation sites excluding steroid dienone is 1. The number of aliphatic hydroxyl groups is 1. The molecule has 3 saturated heterocycles. The highest BCUT2D eigenvalue weighted by molar-refractivity contribution is 5.99. The van der Waals surface area contributed by atoms with Crippen LogP contribution in [-0.4, -0.2) is 121 Å². The summed E-state index contributed by atoms with van der Waals surface area (Å²) in [6, 6.07) is -0.955. The lowest BCUT2D eigenvalue weighted by atomic mass is 9.74. The lowest BCUT2D eigenvalue weighted by Crippen LogP contribution is -2.57. The van der Waals surface area contributed by atoms with Gasteiger partial charge in [-0.15, -0.1) is 0 Å². The molecule has 10 nitrogen and oxygen atoms in total. The van der Waals surface area contributed by atoms with E-state index in [1.54, 1.807) is 11.8 Å². The third-order valence-electron chi connectivity index (χ3n) is 7.96. The zero-order chi connectivity index (χ0) is 24.6. The number of hydrogen-bond acceptors (Lipinski definition) is 8. The number of morpholine rings is 1. The molecule has 0 aromatic rings. The smallest absolute Gasteiger partial charge is 0.313 e. The number of rotatable bonds is 5. The van der Waals surface area contributed by atoms with Crippen molar-refractivity contribution in [3.8, 4) is 0 Å². The topological polar surface area (TPSA) is 109 Å². The largest absolute Gasteiger partial charge is 0.465 e. The molecule has 192 valence electrons. The fraction of sp³-hybridized carbons (Fsp3) is 0.720. The Hall–Kier alpha value is -2.27. The fourth-order valence-electron chi connectivity index (χ4n) is 6.32. The maximum atomic E-state index is 14.0. The molecule has 0 aromatic carbocycles. The number of aliphatic hydroxyl groups excluding tert-OH is 1. The van der Waals surface area contributed by atoms with Gasteiger partial charge in [-0.05, 0) is 19.8 Å². The van der Waals surface area contributed by atoms with Gasteiger partial charge in [-0.2, -0.15) is 0 Å². The van der Waals surface area contributed by atoms with Crippen molar-refractivity contribution in [1.29, 1.82) is 0 Å². The van der Waals surface area contributed by atoms with E-state index in [0.717, 1.165) is 19.5 Å². The van der Waals surface area contributed by atoms with E-state index in [4.69, 9.17) is 14.2 Å². The first-order chi connectivity index (χ1) is 16.9. The van der Waals surface area contributed by atoms with Gasteiger partial charge in [0.25, 0.3) is 0 Å². The number of nitrogens with zero attached hydrogens (tertiary/aromatic N) is 3. The monoisotopic (exact) mass is 489 g/mol. The van der Waals surface area contributed by atoms with Crippen molar-refractivity contribution < 1.29 is 33.7 Å². The van der Waals surface area contributed by atoms with Crippen molar-refractivity contribution in [2.75, 3.05) is 65.7 Å². The van der Waals surface area contributed by atoms with Crippen molar-refractivity contribution in [3.63, 3.8) is 0 Å². The van der Waals surface area contributed by atoms with Gasteiger partial charge in [0.1, 0.15) is 17.6 Å². The number of carbonyl (C=O) groups is 3. The van der Waals surface area contributed by atoms with Crippen LogP contribution < -0.4 is 0 Å². The summed E-state index contributed by atoms with van der Waals surface area (Å²) >= 11 is 0. The number of hydrogen-bond donors (Lipinski definition) is 1. The highest BCUT2D eigenvalue weighted by atomic mass is 16.6. The SMILES string of the molecule is C[C@@]12/C=C\CCCOC(=O)[C@@H]1[C@H]1C(=O)N(CCO)C3C(=O)N(CCN4CCOCC4)CC=C[C@@]31O2. The van der Waals surface area contributed by atoms with Crippen LogP contribution in [0.3, 0.4) is 0 Å². The minimum Gasteiger partial charge on any atom is -0.465 e. The second-order valence-corrected chi connectivity index (χ2v) is 10.1. The second kappa shape index (κ2) is 9.65. The standard InChI is InChI=1S/C25H35N3O7/c1-24-6-3-2-4-15-34-23(32)19(24)18-21(30)28(11-14-29)20-22(31)27(8-5-7-25(18,20)35-24)10-9-26-12-16-33-17-13-26/h3,5-7,18-20,29H,2,4,8-17H2,1H3/b6-3-/t18-,19-,20?,24+,25-/m0/s1. The highest BCUT2D eigenvalue weighted by Crippen LogP contribution is 2.57. The van der Waals surface area contributed by atoms with Crippen LogP contribution in [0, 0.1) is 11.8 Å². The Balaban J connectivity index is 1.49. The number of cyclic esters (lactones) is 1. The number of likely N-dealkylation sites (tertiary alicyclic amines) is 1. The number of ether oxygens (including phenoxy) is 3. The molecule has 1 spiro atoms. The first kappa shape index (κ1) is 24.4. The Morgan fingerprint density at radius 1 is 1.00 bits per heavy atom. The molecule has 1 unspecified atom stereocenters. The molecule has 5 aliphatic heterocycles. The Bertz CT molecular complexity index is 917. The van der Waals surface area contributed by atoms with E-state index in [1.807, 2.05) is 24.3 Å². The summed E-state index contributed by atoms with van der Waals surface area (Å²) in [7, 11) is 0. The summed E-state index contributed by atoms with van der Waals surface area (Å²) in [5.41, 5.74) is -2.39. The number of amides is 2. The van der Waals surface area contributed by atoms with E-state index in [2.05, 4.69) is 4.90 Å². The van der Waals surface area contributed by atoms with E-state index in [1.165, 1.54) is 4.90 Å². The van der Waals surface area contributed by atoms with Crippen LogP contribution in [0.4, 0.5) is 0 Å². The van der Waals surface area contributed by atoms with Crippen LogP contribution in [0.25, 0.3) is 0 Å². The molecule has 3 fully saturated rings. The Kier molecular flexibility index (Phi) is 6.73. The maximum absolute atomic E-state index is 14.0. The quantitative estimate of drug-likeness (QED) is 0.410. The third-order valence-corrected chi connectivity index (χ3v) is 7.96. The zero-order valence-electron chi connectivity index (χ0n) is 20.3. The molecule has 10 heteroatoms. The fourth-order valence-corrected chi connectivity index (χ4v) is 6.32. The van der Waals surface area contributed by atoms with E-state index in [-0.39, 0.29) is 31.6 Å². The Labute approximate surface area is 205 Å². The van der Waals surface area contributed by atoms with Gasteiger partial charge in [0, 0.05) is 39.3 Å². The minimum atomic E-state index is -1.31. The van der Waals surface area contributed by atoms with Crippen LogP contribution in [0.2, 0.25) is 0 Å². The molecule has 0 saturated carbocycles. The molecule has 5 heterocycles. The zero-order valence-corrected chi connectivity index (χ0v) is 20.3. The van der Waals surface area contributed by atoms with Gasteiger partial charge < -0.3 is 29.1 Å². The van der Waals surface area contributed by atoms with E-state index < -0.39 is 35.0 Å². The molecule has 0 radical (unpaired) electrons. The first-order valence-corrected chi connectivity index (χ1v) is 12.6. The predicted octanol–water partition coefficient (Wildman–Crippen LogP) is -0.427. The summed E-state index contributed by atoms with van der Waals surface area (Å²) < 4.78 is 17.6. The molecule has 1 N–H and O–H groups in total. The highest BCUT2D eigenvalue weighted by Gasteiger charge is 2.74. The van der Waals surface area contributed by atoms with Gasteiger partial charge in [-0.25, -0.2) is 0 Å². The van der Waals surface area contributed by atoms with Crippen LogP contribution in [-0.2, 0) is 28.6 Å². The molecule has 5 aliphatic rings. The number of fused-ring (bicyclic) bond motifs is 2. The van der Waals surface area contributed by atoms with Gasteiger partial charge >= 0.3 is 5.97 Å². The average Bonchev–Trinajstić information content (AvgIpc) is 3.19. The van der Waals surface area contributed by atoms with Crippen LogP contribution in [0.1, 0.15) is 19.8 Å². The van der Waals surface area contributed by atoms with Crippen LogP contribution in [0.15, 0.2) is 24.3 Å². The van der Waals surface area contributed by atoms with Gasteiger partial charge in [0.2, 0.25) is 11.8 Å². The second-order valence-electron chi connectivity index (χ2n) is 10.1. The molecular formula is C25H35N3O7. The Morgan fingerprint density at radius 2 is 1.80 bits per heavy atom. The van der Waals surface area contributed by atoms with Crippen molar-refractivity contribution in [1.82, 2.24) is 14.7 Å². The summed E-state index contributed by atoms with van der Waals surface area (Å²) in [6.45, 7) is 6.37. The number of carbonyl (C=O) groups excluding carboxylic acids is 3. The summed E-state index contributed by atoms with van der Waals surface area (Å²) in [4.78, 5) is 46.5. The van der Waals surface area contributed by atoms with Crippen LogP contribution >= 0.6 is 0 Å². The van der Waals surface area contributed by atoms with Gasteiger partial charge in [0.05, 0.1) is 37.9 Å². The number of esters is 1. The molecule has 0 aliphatic carbocycles. The van der Waals surface area contributed by atoms with Gasteiger partial charge in [-0.3, -0.25) is 19.3 Å². The van der Waals surface area contributed by atoms with E-state index in [9.17, 15) is 19.5 Å². The lowest BCUT2D eigenvalue weighted by molar-refractivity contribution is -0.159. The number of β-amino-alcohol motifs (C(OH)–C–C–N with tert-alkyl or cyclic N) is 1. The van der Waals surface area contributed by atoms with Gasteiger partial charge in [0.15, 0.2) is 0 Å². The molecule has 5 rings (SSSR count). The molecular weight excluding hydrogens is 454 g/mol. The predicted molar refractivity (Wildman–Crippen MR) is 124 cm³/mol. The molecule has 0 aromatic heterocycles. The molecule has 5 atom stereocenters. The summed E-state index contributed by atoms with van der Waals surface area (Å²) in [5, 5.41) is 9.75. The Morgan fingerprint density at radius 3 is 2.57 bits per heavy atom. The van der Waals surface area contributed by atoms with E-state index >= 15 is 0 Å².